The van der Waals surface area contributed by atoms with Crippen molar-refractivity contribution < 1.29 is 53.8 Å². The van der Waals surface area contributed by atoms with Crippen molar-refractivity contribution in [3.05, 3.63) is 101 Å². The third-order valence-corrected chi connectivity index (χ3v) is 7.67. The van der Waals surface area contributed by atoms with Crippen LogP contribution in [0.5, 0.6) is 17.2 Å². The number of aliphatic carboxylic acids is 4. The lowest BCUT2D eigenvalue weighted by molar-refractivity contribution is -0.134. The SMILES string of the molecule is COc1cc(-c2cc(CN3CCN(CCC/C=C/c4ccc(Cl)cc4)CC3)ccn2)cc(OC)c1OC.O=C(O)/C=C/C(=O)O.O=C(O)/C=C/C(=O)O. The molecule has 0 saturated carbocycles. The minimum Gasteiger partial charge on any atom is -0.493 e. The first-order chi connectivity index (χ1) is 25.3. The monoisotopic (exact) mass is 753 g/mol. The van der Waals surface area contributed by atoms with Crippen molar-refractivity contribution in [2.24, 2.45) is 0 Å². The number of aromatic nitrogens is 1. The zero-order valence-corrected chi connectivity index (χ0v) is 30.4. The number of carboxylic acids is 4. The van der Waals surface area contributed by atoms with Gasteiger partial charge in [0.2, 0.25) is 5.75 Å². The third kappa shape index (κ3) is 17.4. The van der Waals surface area contributed by atoms with E-state index in [2.05, 4.69) is 51.2 Å². The first kappa shape index (κ1) is 43.5. The molecule has 4 rings (SSSR count). The lowest BCUT2D eigenvalue weighted by atomic mass is 10.1. The van der Waals surface area contributed by atoms with Crippen LogP contribution in [0, 0.1) is 0 Å². The smallest absolute Gasteiger partial charge is 0.328 e. The van der Waals surface area contributed by atoms with Gasteiger partial charge in [-0.25, -0.2) is 19.2 Å². The van der Waals surface area contributed by atoms with Crippen molar-refractivity contribution in [1.29, 1.82) is 0 Å². The van der Waals surface area contributed by atoms with E-state index >= 15 is 0 Å². The van der Waals surface area contributed by atoms with Crippen LogP contribution in [0.25, 0.3) is 17.3 Å². The van der Waals surface area contributed by atoms with Gasteiger partial charge in [0.25, 0.3) is 0 Å². The molecule has 0 atom stereocenters. The average molecular weight is 754 g/mol. The van der Waals surface area contributed by atoms with E-state index in [9.17, 15) is 19.2 Å². The maximum atomic E-state index is 9.55. The molecule has 15 heteroatoms. The van der Waals surface area contributed by atoms with Crippen LogP contribution in [0.15, 0.2) is 85.1 Å². The third-order valence-electron chi connectivity index (χ3n) is 7.42. The molecule has 1 aliphatic heterocycles. The molecule has 53 heavy (non-hydrogen) atoms. The van der Waals surface area contributed by atoms with Gasteiger partial charge in [-0.3, -0.25) is 9.88 Å². The summed E-state index contributed by atoms with van der Waals surface area (Å²) >= 11 is 5.95. The molecule has 0 amide bonds. The molecular weight excluding hydrogens is 710 g/mol. The van der Waals surface area contributed by atoms with Crippen molar-refractivity contribution in [1.82, 2.24) is 14.8 Å². The molecule has 4 N–H and O–H groups in total. The summed E-state index contributed by atoms with van der Waals surface area (Å²) in [6.07, 6.45) is 10.8. The summed E-state index contributed by atoms with van der Waals surface area (Å²) in [4.78, 5) is 47.9. The molecule has 0 unspecified atom stereocenters. The number of allylic oxidation sites excluding steroid dienone is 1. The summed E-state index contributed by atoms with van der Waals surface area (Å²) in [5.41, 5.74) is 4.27. The van der Waals surface area contributed by atoms with Gasteiger partial charge in [-0.05, 0) is 66.9 Å². The van der Waals surface area contributed by atoms with Gasteiger partial charge in [0, 0.05) is 73.8 Å². The maximum Gasteiger partial charge on any atom is 0.328 e. The van der Waals surface area contributed by atoms with Crippen LogP contribution < -0.4 is 14.2 Å². The van der Waals surface area contributed by atoms with E-state index in [1.54, 1.807) is 21.3 Å². The fraction of sp³-hybridized carbons (Fsp3) is 0.289. The molecule has 0 radical (unpaired) electrons. The van der Waals surface area contributed by atoms with Gasteiger partial charge in [-0.1, -0.05) is 35.9 Å². The summed E-state index contributed by atoms with van der Waals surface area (Å²) in [6.45, 7) is 6.40. The van der Waals surface area contributed by atoms with Crippen LogP contribution in [0.3, 0.4) is 0 Å². The van der Waals surface area contributed by atoms with Crippen molar-refractivity contribution in [3.8, 4) is 28.5 Å². The van der Waals surface area contributed by atoms with E-state index < -0.39 is 23.9 Å². The highest BCUT2D eigenvalue weighted by atomic mass is 35.5. The minimum absolute atomic E-state index is 0.558. The standard InChI is InChI=1S/C30H36ClN3O3.2C4H4O4/c1-35-28-20-25(21-29(36-2)30(28)37-3)27-19-24(12-13-32-27)22-34-17-15-33(16-18-34)14-6-4-5-7-23-8-10-26(31)11-9-23;2*5-3(6)1-2-4(7)8/h5,7-13,19-21H,4,6,14-18,22H2,1-3H3;2*1-2H,(H,5,6)(H,7,8)/b7-5+;2*2-1+. The number of methoxy groups -OCH3 is 3. The van der Waals surface area contributed by atoms with Gasteiger partial charge in [-0.2, -0.15) is 0 Å². The fourth-order valence-electron chi connectivity index (χ4n) is 4.90. The van der Waals surface area contributed by atoms with E-state index in [-0.39, 0.29) is 0 Å². The highest BCUT2D eigenvalue weighted by molar-refractivity contribution is 6.30. The number of benzene rings is 2. The fourth-order valence-corrected chi connectivity index (χ4v) is 5.03. The molecule has 0 bridgehead atoms. The van der Waals surface area contributed by atoms with E-state index in [1.165, 1.54) is 17.5 Å². The number of carbonyl (C=O) groups is 4. The number of ether oxygens (including phenoxy) is 3. The second kappa shape index (κ2) is 23.7. The number of nitrogens with zero attached hydrogens (tertiary/aromatic N) is 3. The first-order valence-corrected chi connectivity index (χ1v) is 16.6. The van der Waals surface area contributed by atoms with Crippen LogP contribution in [0.1, 0.15) is 24.0 Å². The molecule has 3 aromatic rings. The zero-order valence-electron chi connectivity index (χ0n) is 29.7. The Labute approximate surface area is 312 Å². The molecule has 1 fully saturated rings. The predicted molar refractivity (Wildman–Crippen MR) is 200 cm³/mol. The second-order valence-electron chi connectivity index (χ2n) is 11.2. The Morgan fingerprint density at radius 3 is 1.72 bits per heavy atom. The van der Waals surface area contributed by atoms with Gasteiger partial charge in [0.1, 0.15) is 0 Å². The van der Waals surface area contributed by atoms with Gasteiger partial charge < -0.3 is 39.5 Å². The second-order valence-corrected chi connectivity index (χ2v) is 11.6. The molecule has 1 aliphatic rings. The van der Waals surface area contributed by atoms with E-state index in [0.717, 1.165) is 62.0 Å². The van der Waals surface area contributed by atoms with Crippen LogP contribution in [-0.4, -0.2) is 113 Å². The van der Waals surface area contributed by atoms with Crippen LogP contribution >= 0.6 is 11.6 Å². The largest absolute Gasteiger partial charge is 0.493 e. The number of carboxylic acid groups (broad SMARTS) is 4. The Morgan fingerprint density at radius 1 is 0.736 bits per heavy atom. The number of hydrogen-bond donors (Lipinski definition) is 4. The van der Waals surface area contributed by atoms with Crippen LogP contribution in [0.4, 0.5) is 0 Å². The summed E-state index contributed by atoms with van der Waals surface area (Å²) in [6, 6.07) is 16.1. The van der Waals surface area contributed by atoms with Crippen molar-refractivity contribution in [2.75, 3.05) is 54.1 Å². The van der Waals surface area contributed by atoms with Crippen molar-refractivity contribution >= 4 is 41.6 Å². The highest BCUT2D eigenvalue weighted by Gasteiger charge is 2.18. The van der Waals surface area contributed by atoms with E-state index in [4.69, 9.17) is 46.2 Å². The number of rotatable bonds is 15. The van der Waals surface area contributed by atoms with Gasteiger partial charge in [-0.15, -0.1) is 0 Å². The molecule has 284 valence electrons. The minimum atomic E-state index is -1.26. The Balaban J connectivity index is 0.000000506. The molecule has 0 spiro atoms. The molecule has 0 aliphatic carbocycles. The number of hydrogen-bond acceptors (Lipinski definition) is 10. The van der Waals surface area contributed by atoms with E-state index in [1.807, 2.05) is 30.5 Å². The maximum absolute atomic E-state index is 9.55. The Morgan fingerprint density at radius 2 is 1.25 bits per heavy atom. The van der Waals surface area contributed by atoms with Gasteiger partial charge in [0.05, 0.1) is 27.0 Å². The topological polar surface area (TPSA) is 196 Å². The van der Waals surface area contributed by atoms with E-state index in [0.29, 0.717) is 41.6 Å². The molecule has 1 aromatic heterocycles. The quantitative estimate of drug-likeness (QED) is 0.113. The lowest BCUT2D eigenvalue weighted by Gasteiger charge is -2.34. The summed E-state index contributed by atoms with van der Waals surface area (Å²) in [5, 5.41) is 32.0. The Bertz CT molecular complexity index is 1640. The van der Waals surface area contributed by atoms with Crippen molar-refractivity contribution in [2.45, 2.75) is 19.4 Å². The average Bonchev–Trinajstić information content (AvgIpc) is 3.14. The lowest BCUT2D eigenvalue weighted by Crippen LogP contribution is -2.46. The summed E-state index contributed by atoms with van der Waals surface area (Å²) in [7, 11) is 4.87. The highest BCUT2D eigenvalue weighted by Crippen LogP contribution is 2.40. The normalized spacial score (nSPS) is 13.1. The summed E-state index contributed by atoms with van der Waals surface area (Å²) < 4.78 is 16.5. The van der Waals surface area contributed by atoms with Crippen LogP contribution in [0.2, 0.25) is 5.02 Å². The van der Waals surface area contributed by atoms with Crippen molar-refractivity contribution in [3.63, 3.8) is 0 Å². The molecule has 2 heterocycles. The number of pyridine rings is 1. The number of piperazine rings is 1. The number of halogens is 1. The summed E-state index contributed by atoms with van der Waals surface area (Å²) in [5.74, 6) is -3.19. The van der Waals surface area contributed by atoms with Crippen LogP contribution in [-0.2, 0) is 25.7 Å². The molecule has 2 aromatic carbocycles. The van der Waals surface area contributed by atoms with Gasteiger partial charge in [0.15, 0.2) is 11.5 Å². The first-order valence-electron chi connectivity index (χ1n) is 16.2. The van der Waals surface area contributed by atoms with Gasteiger partial charge >= 0.3 is 23.9 Å². The molecule has 1 saturated heterocycles. The number of unbranched alkanes of at least 4 members (excludes halogenated alkanes) is 1. The zero-order chi connectivity index (χ0) is 39.2. The molecular formula is C38H44ClN3O11. The Kier molecular flexibility index (Phi) is 19.4. The Hall–Kier alpha value is -5.70. The molecule has 14 nitrogen and oxygen atoms in total. The predicted octanol–water partition coefficient (Wildman–Crippen LogP) is 5.46.